The average Bonchev–Trinajstić information content (AvgIpc) is 2.36. The van der Waals surface area contributed by atoms with Gasteiger partial charge in [0.1, 0.15) is 0 Å². The Bertz CT molecular complexity index is 458. The molecule has 0 aliphatic carbocycles. The summed E-state index contributed by atoms with van der Waals surface area (Å²) in [5.74, 6) is -8.75. The molecule has 20 heavy (non-hydrogen) atoms. The van der Waals surface area contributed by atoms with Crippen molar-refractivity contribution in [2.45, 2.75) is 31.7 Å². The Labute approximate surface area is 114 Å². The number of aromatic nitrogens is 1. The van der Waals surface area contributed by atoms with Crippen LogP contribution in [0, 0.1) is 0 Å². The summed E-state index contributed by atoms with van der Waals surface area (Å²) in [7, 11) is 0. The van der Waals surface area contributed by atoms with E-state index in [0.717, 1.165) is 6.08 Å². The van der Waals surface area contributed by atoms with Gasteiger partial charge < -0.3 is 10.5 Å². The molecule has 0 aromatic carbocycles. The van der Waals surface area contributed by atoms with Crippen molar-refractivity contribution in [3.05, 3.63) is 36.0 Å². The van der Waals surface area contributed by atoms with E-state index in [2.05, 4.69) is 9.72 Å². The molecule has 3 nitrogen and oxygen atoms in total. The zero-order valence-electron chi connectivity index (χ0n) is 11.1. The monoisotopic (exact) mass is 292 g/mol. The minimum absolute atomic E-state index is 0.142. The molecule has 0 spiro atoms. The molecule has 0 bridgehead atoms. The van der Waals surface area contributed by atoms with E-state index in [0.29, 0.717) is 5.56 Å². The van der Waals surface area contributed by atoms with Crippen LogP contribution in [0.15, 0.2) is 30.5 Å². The summed E-state index contributed by atoms with van der Waals surface area (Å²) in [5.41, 5.74) is 6.27. The van der Waals surface area contributed by atoms with Crippen LogP contribution in [0.25, 0.3) is 0 Å². The molecular formula is C13H16F4N2O. The first-order chi connectivity index (χ1) is 9.19. The van der Waals surface area contributed by atoms with E-state index in [1.165, 1.54) is 25.3 Å². The van der Waals surface area contributed by atoms with Crippen LogP contribution in [0.5, 0.6) is 5.88 Å². The van der Waals surface area contributed by atoms with Gasteiger partial charge in [-0.05, 0) is 25.5 Å². The number of nitrogens with zero attached hydrogens (tertiary/aromatic N) is 1. The van der Waals surface area contributed by atoms with Crippen LogP contribution >= 0.6 is 0 Å². The predicted octanol–water partition coefficient (Wildman–Crippen LogP) is 3.33. The van der Waals surface area contributed by atoms with E-state index in [4.69, 9.17) is 5.73 Å². The fourth-order valence-corrected chi connectivity index (χ4v) is 1.34. The van der Waals surface area contributed by atoms with Crippen LogP contribution in [-0.4, -0.2) is 23.4 Å². The first-order valence-electron chi connectivity index (χ1n) is 5.93. The van der Waals surface area contributed by atoms with E-state index in [1.807, 2.05) is 0 Å². The Morgan fingerprint density at radius 2 is 2.00 bits per heavy atom. The number of pyridine rings is 1. The van der Waals surface area contributed by atoms with Gasteiger partial charge in [0.25, 0.3) is 0 Å². The zero-order chi connectivity index (χ0) is 15.4. The molecule has 1 aromatic rings. The summed E-state index contributed by atoms with van der Waals surface area (Å²) < 4.78 is 57.5. The topological polar surface area (TPSA) is 48.1 Å². The summed E-state index contributed by atoms with van der Waals surface area (Å²) in [5, 5.41) is 0. The van der Waals surface area contributed by atoms with Crippen LogP contribution in [0.3, 0.4) is 0 Å². The van der Waals surface area contributed by atoms with Crippen molar-refractivity contribution in [2.75, 3.05) is 6.61 Å². The van der Waals surface area contributed by atoms with Crippen molar-refractivity contribution < 1.29 is 22.3 Å². The summed E-state index contributed by atoms with van der Waals surface area (Å²) in [6.45, 7) is 1.50. The van der Waals surface area contributed by atoms with Gasteiger partial charge in [0.05, 0.1) is 0 Å². The number of alkyl halides is 4. The second kappa shape index (κ2) is 6.21. The SMILES string of the molecule is C/C=C/C(F)(F)C(F)(F)COc1ccc(C(C)N)cn1. The zero-order valence-corrected chi connectivity index (χ0v) is 11.1. The second-order valence-corrected chi connectivity index (χ2v) is 4.33. The van der Waals surface area contributed by atoms with E-state index in [1.54, 1.807) is 6.92 Å². The fraction of sp³-hybridized carbons (Fsp3) is 0.462. The van der Waals surface area contributed by atoms with Crippen molar-refractivity contribution >= 4 is 0 Å². The molecule has 0 aliphatic rings. The largest absolute Gasteiger partial charge is 0.471 e. The molecule has 1 unspecified atom stereocenters. The van der Waals surface area contributed by atoms with Crippen molar-refractivity contribution in [3.8, 4) is 5.88 Å². The molecule has 1 aromatic heterocycles. The molecule has 0 amide bonds. The molecule has 7 heteroatoms. The number of rotatable bonds is 6. The Morgan fingerprint density at radius 3 is 2.45 bits per heavy atom. The van der Waals surface area contributed by atoms with Gasteiger partial charge in [-0.15, -0.1) is 0 Å². The normalized spacial score (nSPS) is 14.6. The highest BCUT2D eigenvalue weighted by molar-refractivity contribution is 5.20. The first kappa shape index (κ1) is 16.4. The lowest BCUT2D eigenvalue weighted by molar-refractivity contribution is -0.194. The van der Waals surface area contributed by atoms with Crippen molar-refractivity contribution in [2.24, 2.45) is 5.73 Å². The van der Waals surface area contributed by atoms with Crippen LogP contribution in [0.4, 0.5) is 17.6 Å². The van der Waals surface area contributed by atoms with Gasteiger partial charge in [0, 0.05) is 18.3 Å². The molecule has 1 rings (SSSR count). The Balaban J connectivity index is 2.71. The molecule has 0 radical (unpaired) electrons. The number of hydrogen-bond acceptors (Lipinski definition) is 3. The number of nitrogens with two attached hydrogens (primary N) is 1. The minimum atomic E-state index is -4.32. The number of allylic oxidation sites excluding steroid dienone is 2. The van der Waals surface area contributed by atoms with E-state index in [-0.39, 0.29) is 18.0 Å². The minimum Gasteiger partial charge on any atom is -0.471 e. The molecule has 112 valence electrons. The number of halogens is 4. The maximum atomic E-state index is 13.3. The molecule has 1 heterocycles. The van der Waals surface area contributed by atoms with Crippen LogP contribution in [0.2, 0.25) is 0 Å². The van der Waals surface area contributed by atoms with Gasteiger partial charge in [-0.2, -0.15) is 17.6 Å². The van der Waals surface area contributed by atoms with E-state index in [9.17, 15) is 17.6 Å². The lowest BCUT2D eigenvalue weighted by atomic mass is 10.1. The van der Waals surface area contributed by atoms with Gasteiger partial charge in [0.15, 0.2) is 6.61 Å². The van der Waals surface area contributed by atoms with Crippen molar-refractivity contribution in [3.63, 3.8) is 0 Å². The van der Waals surface area contributed by atoms with Gasteiger partial charge in [0.2, 0.25) is 5.88 Å². The Kier molecular flexibility index (Phi) is 5.10. The second-order valence-electron chi connectivity index (χ2n) is 4.33. The van der Waals surface area contributed by atoms with Gasteiger partial charge in [-0.25, -0.2) is 4.98 Å². The van der Waals surface area contributed by atoms with Crippen molar-refractivity contribution in [1.82, 2.24) is 4.98 Å². The lowest BCUT2D eigenvalue weighted by Gasteiger charge is -2.23. The number of ether oxygens (including phenoxy) is 1. The summed E-state index contributed by atoms with van der Waals surface area (Å²) in [6, 6.07) is 2.58. The summed E-state index contributed by atoms with van der Waals surface area (Å²) in [6.07, 6.45) is 2.36. The summed E-state index contributed by atoms with van der Waals surface area (Å²) >= 11 is 0. The Morgan fingerprint density at radius 1 is 1.35 bits per heavy atom. The maximum Gasteiger partial charge on any atom is 0.347 e. The smallest absolute Gasteiger partial charge is 0.347 e. The molecule has 0 saturated carbocycles. The highest BCUT2D eigenvalue weighted by atomic mass is 19.3. The quantitative estimate of drug-likeness (QED) is 0.646. The maximum absolute atomic E-state index is 13.3. The standard InChI is InChI=1S/C13H16F4N2O/c1-3-6-12(14,15)13(16,17)8-20-11-5-4-10(7-19-11)9(2)18/h3-7,9H,8,18H2,1-2H3/b6-3+. The molecule has 0 saturated heterocycles. The first-order valence-corrected chi connectivity index (χ1v) is 5.93. The van der Waals surface area contributed by atoms with Crippen LogP contribution in [0.1, 0.15) is 25.5 Å². The Hall–Kier alpha value is -1.63. The van der Waals surface area contributed by atoms with Crippen LogP contribution in [-0.2, 0) is 0 Å². The molecule has 0 fully saturated rings. The highest BCUT2D eigenvalue weighted by Gasteiger charge is 2.55. The lowest BCUT2D eigenvalue weighted by Crippen LogP contribution is -2.43. The third-order valence-electron chi connectivity index (χ3n) is 2.55. The van der Waals surface area contributed by atoms with E-state index >= 15 is 0 Å². The molecule has 1 atom stereocenters. The summed E-state index contributed by atoms with van der Waals surface area (Å²) in [4.78, 5) is 3.73. The third kappa shape index (κ3) is 3.93. The van der Waals surface area contributed by atoms with Gasteiger partial charge in [-0.1, -0.05) is 12.1 Å². The van der Waals surface area contributed by atoms with Gasteiger partial charge in [-0.3, -0.25) is 0 Å². The fourth-order valence-electron chi connectivity index (χ4n) is 1.34. The predicted molar refractivity (Wildman–Crippen MR) is 67.0 cm³/mol. The highest BCUT2D eigenvalue weighted by Crippen LogP contribution is 2.35. The molecule has 2 N–H and O–H groups in total. The third-order valence-corrected chi connectivity index (χ3v) is 2.55. The van der Waals surface area contributed by atoms with Crippen LogP contribution < -0.4 is 10.5 Å². The molecular weight excluding hydrogens is 276 g/mol. The van der Waals surface area contributed by atoms with Gasteiger partial charge >= 0.3 is 11.8 Å². The van der Waals surface area contributed by atoms with E-state index < -0.39 is 18.5 Å². The number of hydrogen-bond donors (Lipinski definition) is 1. The average molecular weight is 292 g/mol. The van der Waals surface area contributed by atoms with Crippen molar-refractivity contribution in [1.29, 1.82) is 0 Å². The molecule has 0 aliphatic heterocycles.